The second kappa shape index (κ2) is 10.2. The second-order valence-corrected chi connectivity index (χ2v) is 8.66. The van der Waals surface area contributed by atoms with Gasteiger partial charge < -0.3 is 10.1 Å². The van der Waals surface area contributed by atoms with Gasteiger partial charge in [-0.15, -0.1) is 10.2 Å². The van der Waals surface area contributed by atoms with Crippen molar-refractivity contribution in [3.05, 3.63) is 64.9 Å². The monoisotopic (exact) mass is 487 g/mol. The Labute approximate surface area is 187 Å². The fourth-order valence-corrected chi connectivity index (χ4v) is 4.19. The van der Waals surface area contributed by atoms with Gasteiger partial charge in [-0.05, 0) is 36.4 Å². The average molecular weight is 488 g/mol. The van der Waals surface area contributed by atoms with Crippen molar-refractivity contribution in [1.82, 2.24) is 19.7 Å². The lowest BCUT2D eigenvalue weighted by Crippen LogP contribution is -2.36. The molecule has 0 aliphatic carbocycles. The van der Waals surface area contributed by atoms with Gasteiger partial charge in [0.25, 0.3) is 0 Å². The summed E-state index contributed by atoms with van der Waals surface area (Å²) in [5.41, 5.74) is 1.75. The summed E-state index contributed by atoms with van der Waals surface area (Å²) in [4.78, 5) is 14.7. The Bertz CT molecular complexity index is 975. The number of nitrogens with zero attached hydrogens (tertiary/aromatic N) is 4. The average Bonchev–Trinajstić information content (AvgIpc) is 3.17. The molecule has 1 fully saturated rings. The molecule has 0 unspecified atom stereocenters. The number of rotatable bonds is 7. The number of morpholine rings is 1. The molecule has 1 amide bonds. The van der Waals surface area contributed by atoms with Gasteiger partial charge in [0.15, 0.2) is 11.0 Å². The van der Waals surface area contributed by atoms with Crippen LogP contribution in [0.15, 0.2) is 64.2 Å². The number of aromatic nitrogens is 3. The van der Waals surface area contributed by atoms with Crippen molar-refractivity contribution in [1.29, 1.82) is 0 Å². The molecule has 156 valence electrons. The van der Waals surface area contributed by atoms with Crippen molar-refractivity contribution in [2.45, 2.75) is 11.7 Å². The van der Waals surface area contributed by atoms with E-state index in [0.717, 1.165) is 48.0 Å². The van der Waals surface area contributed by atoms with Gasteiger partial charge in [-0.1, -0.05) is 45.9 Å². The summed E-state index contributed by atoms with van der Waals surface area (Å²) in [6.07, 6.45) is 0. The van der Waals surface area contributed by atoms with Crippen LogP contribution in [0.4, 0.5) is 5.69 Å². The Morgan fingerprint density at radius 3 is 2.53 bits per heavy atom. The molecular formula is C21H22BrN5O2S. The Morgan fingerprint density at radius 2 is 1.80 bits per heavy atom. The highest BCUT2D eigenvalue weighted by molar-refractivity contribution is 9.10. The summed E-state index contributed by atoms with van der Waals surface area (Å²) in [6, 6.07) is 17.5. The molecule has 0 saturated carbocycles. The molecule has 0 radical (unpaired) electrons. The molecule has 1 saturated heterocycles. The molecule has 1 N–H and O–H groups in total. The van der Waals surface area contributed by atoms with Crippen molar-refractivity contribution in [3.8, 4) is 5.69 Å². The largest absolute Gasteiger partial charge is 0.379 e. The van der Waals surface area contributed by atoms with Crippen LogP contribution in [0.25, 0.3) is 5.69 Å². The highest BCUT2D eigenvalue weighted by atomic mass is 79.9. The first kappa shape index (κ1) is 21.0. The number of hydrogen-bond donors (Lipinski definition) is 1. The number of carbonyl (C=O) groups is 1. The van der Waals surface area contributed by atoms with E-state index in [-0.39, 0.29) is 11.7 Å². The van der Waals surface area contributed by atoms with E-state index in [2.05, 4.69) is 36.3 Å². The number of para-hydroxylation sites is 1. The zero-order valence-electron chi connectivity index (χ0n) is 16.3. The highest BCUT2D eigenvalue weighted by Crippen LogP contribution is 2.23. The summed E-state index contributed by atoms with van der Waals surface area (Å²) < 4.78 is 8.45. The molecule has 4 rings (SSSR count). The van der Waals surface area contributed by atoms with Crippen LogP contribution < -0.4 is 5.32 Å². The number of hydrogen-bond acceptors (Lipinski definition) is 6. The summed E-state index contributed by atoms with van der Waals surface area (Å²) in [7, 11) is 0. The molecule has 1 aromatic heterocycles. The van der Waals surface area contributed by atoms with E-state index in [1.54, 1.807) is 0 Å². The molecular weight excluding hydrogens is 466 g/mol. The lowest BCUT2D eigenvalue weighted by atomic mass is 10.3. The molecule has 3 aromatic rings. The fourth-order valence-electron chi connectivity index (χ4n) is 3.15. The highest BCUT2D eigenvalue weighted by Gasteiger charge is 2.19. The summed E-state index contributed by atoms with van der Waals surface area (Å²) >= 11 is 4.78. The van der Waals surface area contributed by atoms with Crippen LogP contribution in [-0.4, -0.2) is 57.6 Å². The van der Waals surface area contributed by atoms with Crippen molar-refractivity contribution >= 4 is 39.3 Å². The molecule has 30 heavy (non-hydrogen) atoms. The van der Waals surface area contributed by atoms with Crippen molar-refractivity contribution in [2.75, 3.05) is 37.4 Å². The molecule has 1 aliphatic heterocycles. The second-order valence-electron chi connectivity index (χ2n) is 6.80. The Hall–Kier alpha value is -2.20. The fraction of sp³-hybridized carbons (Fsp3) is 0.286. The van der Waals surface area contributed by atoms with E-state index in [9.17, 15) is 4.79 Å². The van der Waals surface area contributed by atoms with Gasteiger partial charge >= 0.3 is 0 Å². The molecule has 0 atom stereocenters. The van der Waals surface area contributed by atoms with Crippen molar-refractivity contribution < 1.29 is 9.53 Å². The third kappa shape index (κ3) is 5.48. The van der Waals surface area contributed by atoms with Crippen LogP contribution in [-0.2, 0) is 16.1 Å². The van der Waals surface area contributed by atoms with Crippen LogP contribution in [0.3, 0.4) is 0 Å². The molecule has 0 spiro atoms. The van der Waals surface area contributed by atoms with Gasteiger partial charge in [0.2, 0.25) is 5.91 Å². The Balaban J connectivity index is 1.47. The van der Waals surface area contributed by atoms with Gasteiger partial charge in [-0.3, -0.25) is 14.3 Å². The first-order chi connectivity index (χ1) is 14.7. The van der Waals surface area contributed by atoms with Crippen LogP contribution in [0.5, 0.6) is 0 Å². The van der Waals surface area contributed by atoms with E-state index in [1.807, 2.05) is 59.2 Å². The molecule has 2 aromatic carbocycles. The number of amides is 1. The maximum Gasteiger partial charge on any atom is 0.234 e. The van der Waals surface area contributed by atoms with Crippen LogP contribution in [0.1, 0.15) is 5.82 Å². The summed E-state index contributed by atoms with van der Waals surface area (Å²) in [5.74, 6) is 1.03. The lowest BCUT2D eigenvalue weighted by Gasteiger charge is -2.26. The number of benzene rings is 2. The topological polar surface area (TPSA) is 72.3 Å². The number of carbonyl (C=O) groups excluding carboxylic acids is 1. The number of thioether (sulfide) groups is 1. The minimum absolute atomic E-state index is 0.0836. The summed E-state index contributed by atoms with van der Waals surface area (Å²) in [5, 5.41) is 12.4. The number of anilines is 1. The third-order valence-electron chi connectivity index (χ3n) is 4.64. The quantitative estimate of drug-likeness (QED) is 0.513. The molecule has 1 aliphatic rings. The predicted octanol–water partition coefficient (Wildman–Crippen LogP) is 3.59. The van der Waals surface area contributed by atoms with Crippen LogP contribution >= 0.6 is 27.7 Å². The smallest absolute Gasteiger partial charge is 0.234 e. The van der Waals surface area contributed by atoms with Crippen molar-refractivity contribution in [2.24, 2.45) is 0 Å². The maximum absolute atomic E-state index is 12.4. The molecule has 2 heterocycles. The zero-order valence-corrected chi connectivity index (χ0v) is 18.7. The normalized spacial score (nSPS) is 14.6. The Kier molecular flexibility index (Phi) is 7.16. The SMILES string of the molecule is O=C(CSc1nnc(CN2CCOCC2)n1-c1ccccc1)Nc1ccc(Br)cc1. The molecule has 9 heteroatoms. The number of halogens is 1. The third-order valence-corrected chi connectivity index (χ3v) is 6.10. The molecule has 0 bridgehead atoms. The van der Waals surface area contributed by atoms with Gasteiger partial charge in [0.05, 0.1) is 25.5 Å². The van der Waals surface area contributed by atoms with Gasteiger partial charge in [0, 0.05) is 28.9 Å². The first-order valence-electron chi connectivity index (χ1n) is 9.67. The van der Waals surface area contributed by atoms with Crippen LogP contribution in [0, 0.1) is 0 Å². The lowest BCUT2D eigenvalue weighted by molar-refractivity contribution is -0.113. The van der Waals surface area contributed by atoms with E-state index in [0.29, 0.717) is 11.7 Å². The van der Waals surface area contributed by atoms with Gasteiger partial charge in [0.1, 0.15) is 0 Å². The van der Waals surface area contributed by atoms with Crippen molar-refractivity contribution in [3.63, 3.8) is 0 Å². The van der Waals surface area contributed by atoms with E-state index >= 15 is 0 Å². The minimum atomic E-state index is -0.0836. The van der Waals surface area contributed by atoms with Gasteiger partial charge in [-0.2, -0.15) is 0 Å². The standard InChI is InChI=1S/C21H22BrN5O2S/c22-16-6-8-17(9-7-16)23-20(28)15-30-21-25-24-19(14-26-10-12-29-13-11-26)27(21)18-4-2-1-3-5-18/h1-9H,10-15H2,(H,23,28). The molecule has 7 nitrogen and oxygen atoms in total. The maximum atomic E-state index is 12.4. The number of nitrogens with one attached hydrogen (secondary N) is 1. The Morgan fingerprint density at radius 1 is 1.07 bits per heavy atom. The van der Waals surface area contributed by atoms with E-state index in [4.69, 9.17) is 4.74 Å². The van der Waals surface area contributed by atoms with E-state index in [1.165, 1.54) is 11.8 Å². The number of ether oxygens (including phenoxy) is 1. The first-order valence-corrected chi connectivity index (χ1v) is 11.4. The predicted molar refractivity (Wildman–Crippen MR) is 121 cm³/mol. The minimum Gasteiger partial charge on any atom is -0.379 e. The van der Waals surface area contributed by atoms with Gasteiger partial charge in [-0.25, -0.2) is 0 Å². The zero-order chi connectivity index (χ0) is 20.8. The van der Waals surface area contributed by atoms with E-state index < -0.39 is 0 Å². The van der Waals surface area contributed by atoms with Crippen LogP contribution in [0.2, 0.25) is 0 Å². The summed E-state index contributed by atoms with van der Waals surface area (Å²) in [6.45, 7) is 3.91.